The van der Waals surface area contributed by atoms with Gasteiger partial charge in [0.05, 0.1) is 22.3 Å². The van der Waals surface area contributed by atoms with E-state index >= 15 is 0 Å². The monoisotopic (exact) mass is 374 g/mol. The molecule has 0 radical (unpaired) electrons. The van der Waals surface area contributed by atoms with Crippen molar-refractivity contribution in [2.75, 3.05) is 0 Å². The molecule has 2 aliphatic carbocycles. The van der Waals surface area contributed by atoms with Gasteiger partial charge in [0, 0.05) is 24.7 Å². The van der Waals surface area contributed by atoms with Gasteiger partial charge in [-0.2, -0.15) is 5.10 Å². The maximum Gasteiger partial charge on any atom is 0.255 e. The highest BCUT2D eigenvalue weighted by molar-refractivity contribution is 6.07. The first-order valence-electron chi connectivity index (χ1n) is 10.4. The molecule has 5 nitrogen and oxygen atoms in total. The lowest BCUT2D eigenvalue weighted by molar-refractivity contribution is 0.0666. The van der Waals surface area contributed by atoms with Crippen LogP contribution in [0.15, 0.2) is 36.4 Å². The summed E-state index contributed by atoms with van der Waals surface area (Å²) in [4.78, 5) is 20.9. The number of nitrogens with zero attached hydrogens (tertiary/aromatic N) is 4. The van der Waals surface area contributed by atoms with Crippen LogP contribution in [-0.2, 0) is 7.05 Å². The molecule has 0 aliphatic heterocycles. The van der Waals surface area contributed by atoms with Crippen molar-refractivity contribution in [2.24, 2.45) is 7.05 Å². The van der Waals surface area contributed by atoms with Crippen molar-refractivity contribution in [3.8, 4) is 11.3 Å². The number of amides is 1. The Kier molecular flexibility index (Phi) is 4.18. The van der Waals surface area contributed by atoms with E-state index < -0.39 is 0 Å². The molecule has 144 valence electrons. The normalized spacial score (nSPS) is 17.4. The Morgan fingerprint density at radius 3 is 2.43 bits per heavy atom. The Morgan fingerprint density at radius 1 is 1.07 bits per heavy atom. The van der Waals surface area contributed by atoms with E-state index in [1.807, 2.05) is 50.4 Å². The lowest BCUT2D eigenvalue weighted by Crippen LogP contribution is -2.40. The lowest BCUT2D eigenvalue weighted by Gasteiger charge is -2.29. The molecule has 0 unspecified atom stereocenters. The maximum atomic E-state index is 13.8. The molecule has 2 aromatic heterocycles. The number of aryl methyl sites for hydroxylation is 2. The molecule has 2 heterocycles. The van der Waals surface area contributed by atoms with Crippen molar-refractivity contribution in [3.05, 3.63) is 47.7 Å². The van der Waals surface area contributed by atoms with Crippen molar-refractivity contribution in [2.45, 2.75) is 57.5 Å². The third-order valence-electron chi connectivity index (χ3n) is 6.16. The van der Waals surface area contributed by atoms with Crippen LogP contribution in [0.5, 0.6) is 0 Å². The summed E-state index contributed by atoms with van der Waals surface area (Å²) in [6, 6.07) is 12.9. The van der Waals surface area contributed by atoms with Gasteiger partial charge in [-0.25, -0.2) is 4.98 Å². The zero-order chi connectivity index (χ0) is 19.3. The topological polar surface area (TPSA) is 51.0 Å². The van der Waals surface area contributed by atoms with Gasteiger partial charge in [0.2, 0.25) is 0 Å². The van der Waals surface area contributed by atoms with Gasteiger partial charge in [0.1, 0.15) is 0 Å². The summed E-state index contributed by atoms with van der Waals surface area (Å²) in [6.45, 7) is 1.97. The summed E-state index contributed by atoms with van der Waals surface area (Å²) < 4.78 is 1.80. The Balaban J connectivity index is 1.67. The van der Waals surface area contributed by atoms with Gasteiger partial charge < -0.3 is 4.90 Å². The number of fused-ring (bicyclic) bond motifs is 1. The van der Waals surface area contributed by atoms with E-state index in [0.29, 0.717) is 12.1 Å². The molecule has 0 saturated heterocycles. The number of carbonyl (C=O) groups excluding carboxylic acids is 1. The predicted octanol–water partition coefficient (Wildman–Crippen LogP) is 4.49. The van der Waals surface area contributed by atoms with Crippen molar-refractivity contribution in [1.29, 1.82) is 0 Å². The van der Waals surface area contributed by atoms with Crippen LogP contribution < -0.4 is 0 Å². The number of rotatable bonds is 4. The van der Waals surface area contributed by atoms with Crippen LogP contribution >= 0.6 is 0 Å². The lowest BCUT2D eigenvalue weighted by atomic mass is 10.0. The average Bonchev–Trinajstić information content (AvgIpc) is 3.31. The van der Waals surface area contributed by atoms with Crippen molar-refractivity contribution in [3.63, 3.8) is 0 Å². The van der Waals surface area contributed by atoms with Gasteiger partial charge in [-0.15, -0.1) is 0 Å². The van der Waals surface area contributed by atoms with Crippen LogP contribution in [-0.4, -0.2) is 37.7 Å². The minimum Gasteiger partial charge on any atom is -0.333 e. The molecule has 0 atom stereocenters. The third-order valence-corrected chi connectivity index (χ3v) is 6.16. The molecular formula is C23H26N4O. The first kappa shape index (κ1) is 17.4. The molecule has 5 rings (SSSR count). The smallest absolute Gasteiger partial charge is 0.255 e. The highest BCUT2D eigenvalue weighted by atomic mass is 16.2. The molecular weight excluding hydrogens is 348 g/mol. The van der Waals surface area contributed by atoms with E-state index in [0.717, 1.165) is 59.2 Å². The fourth-order valence-electron chi connectivity index (χ4n) is 4.67. The molecule has 2 fully saturated rings. The first-order chi connectivity index (χ1) is 13.6. The highest BCUT2D eigenvalue weighted by Crippen LogP contribution is 2.37. The molecule has 1 aromatic carbocycles. The van der Waals surface area contributed by atoms with E-state index in [9.17, 15) is 4.79 Å². The van der Waals surface area contributed by atoms with Gasteiger partial charge in [-0.05, 0) is 38.7 Å². The second-order valence-electron chi connectivity index (χ2n) is 8.21. The molecule has 0 N–H and O–H groups in total. The predicted molar refractivity (Wildman–Crippen MR) is 110 cm³/mol. The number of hydrogen-bond donors (Lipinski definition) is 0. The highest BCUT2D eigenvalue weighted by Gasteiger charge is 2.39. The molecule has 1 amide bonds. The van der Waals surface area contributed by atoms with E-state index in [4.69, 9.17) is 4.98 Å². The SMILES string of the molecule is Cc1nn(C)c2nc(-c3ccccc3)cc(C(=O)N(C3CCCC3)C3CC3)c12. The third kappa shape index (κ3) is 2.89. The van der Waals surface area contributed by atoms with Crippen molar-refractivity contribution in [1.82, 2.24) is 19.7 Å². The molecule has 0 spiro atoms. The van der Waals surface area contributed by atoms with E-state index in [-0.39, 0.29) is 5.91 Å². The summed E-state index contributed by atoms with van der Waals surface area (Å²) in [5.41, 5.74) is 4.27. The van der Waals surface area contributed by atoms with Crippen molar-refractivity contribution >= 4 is 16.9 Å². The fourth-order valence-corrected chi connectivity index (χ4v) is 4.67. The van der Waals surface area contributed by atoms with E-state index in [1.54, 1.807) is 4.68 Å². The van der Waals surface area contributed by atoms with Gasteiger partial charge in [-0.3, -0.25) is 9.48 Å². The van der Waals surface area contributed by atoms with Gasteiger partial charge in [-0.1, -0.05) is 43.2 Å². The second-order valence-corrected chi connectivity index (χ2v) is 8.21. The molecule has 28 heavy (non-hydrogen) atoms. The van der Waals surface area contributed by atoms with Gasteiger partial charge >= 0.3 is 0 Å². The quantitative estimate of drug-likeness (QED) is 0.676. The van der Waals surface area contributed by atoms with Crippen molar-refractivity contribution < 1.29 is 4.79 Å². The van der Waals surface area contributed by atoms with Crippen LogP contribution in [0.4, 0.5) is 0 Å². The molecule has 2 saturated carbocycles. The summed E-state index contributed by atoms with van der Waals surface area (Å²) in [5, 5.41) is 5.47. The Labute approximate surface area is 165 Å². The van der Waals surface area contributed by atoms with Crippen LogP contribution in [0.1, 0.15) is 54.6 Å². The van der Waals surface area contributed by atoms with Gasteiger partial charge in [0.25, 0.3) is 5.91 Å². The number of benzene rings is 1. The van der Waals surface area contributed by atoms with Crippen LogP contribution in [0.3, 0.4) is 0 Å². The number of carbonyl (C=O) groups is 1. The Bertz CT molecular complexity index is 1030. The van der Waals surface area contributed by atoms with Crippen LogP contribution in [0.25, 0.3) is 22.3 Å². The minimum absolute atomic E-state index is 0.162. The first-order valence-corrected chi connectivity index (χ1v) is 10.4. The van der Waals surface area contributed by atoms with E-state index in [1.165, 1.54) is 12.8 Å². The van der Waals surface area contributed by atoms with Gasteiger partial charge in [0.15, 0.2) is 5.65 Å². The largest absolute Gasteiger partial charge is 0.333 e. The van der Waals surface area contributed by atoms with Crippen LogP contribution in [0.2, 0.25) is 0 Å². The van der Waals surface area contributed by atoms with Crippen LogP contribution in [0, 0.1) is 6.92 Å². The summed E-state index contributed by atoms with van der Waals surface area (Å²) in [7, 11) is 1.90. The minimum atomic E-state index is 0.162. The zero-order valence-corrected chi connectivity index (χ0v) is 16.6. The summed E-state index contributed by atoms with van der Waals surface area (Å²) in [6.07, 6.45) is 6.99. The fraction of sp³-hybridized carbons (Fsp3) is 0.435. The second kappa shape index (κ2) is 6.73. The summed E-state index contributed by atoms with van der Waals surface area (Å²) in [5.74, 6) is 0.162. The average molecular weight is 374 g/mol. The molecule has 0 bridgehead atoms. The summed E-state index contributed by atoms with van der Waals surface area (Å²) >= 11 is 0. The standard InChI is InChI=1S/C23H26N4O/c1-15-21-19(23(28)27(18-12-13-18)17-10-6-7-11-17)14-20(16-8-4-3-5-9-16)24-22(21)26(2)25-15/h3-5,8-9,14,17-18H,6-7,10-13H2,1-2H3. The Morgan fingerprint density at radius 2 is 1.75 bits per heavy atom. The number of pyridine rings is 1. The molecule has 2 aliphatic rings. The number of aromatic nitrogens is 3. The number of hydrogen-bond acceptors (Lipinski definition) is 3. The molecule has 5 heteroatoms. The molecule has 3 aromatic rings. The zero-order valence-electron chi connectivity index (χ0n) is 16.6. The Hall–Kier alpha value is -2.69. The van der Waals surface area contributed by atoms with E-state index in [2.05, 4.69) is 10.00 Å². The maximum absolute atomic E-state index is 13.8.